The van der Waals surface area contributed by atoms with Gasteiger partial charge in [-0.1, -0.05) is 44.2 Å². The van der Waals surface area contributed by atoms with Crippen LogP contribution >= 0.6 is 0 Å². The van der Waals surface area contributed by atoms with Crippen LogP contribution in [0.25, 0.3) is 0 Å². The van der Waals surface area contributed by atoms with Crippen molar-refractivity contribution >= 4 is 23.6 Å². The quantitative estimate of drug-likeness (QED) is 0.838. The van der Waals surface area contributed by atoms with E-state index in [1.54, 1.807) is 32.0 Å². The number of amides is 4. The lowest BCUT2D eigenvalue weighted by Crippen LogP contribution is -2.68. The summed E-state index contributed by atoms with van der Waals surface area (Å²) in [6, 6.07) is 4.32. The molecule has 1 aliphatic heterocycles. The minimum absolute atomic E-state index is 0.293. The Kier molecular flexibility index (Phi) is 4.36. The number of nitrogens with zero attached hydrogens (tertiary/aromatic N) is 2. The number of piperazine rings is 1. The first-order valence-corrected chi connectivity index (χ1v) is 7.71. The van der Waals surface area contributed by atoms with Gasteiger partial charge in [0, 0.05) is 21.6 Å². The van der Waals surface area contributed by atoms with E-state index < -0.39 is 48.0 Å². The fourth-order valence-corrected chi connectivity index (χ4v) is 2.79. The highest BCUT2D eigenvalue weighted by atomic mass is 16.2. The van der Waals surface area contributed by atoms with Crippen LogP contribution in [0.15, 0.2) is 30.3 Å². The van der Waals surface area contributed by atoms with Gasteiger partial charge in [-0.15, -0.1) is 0 Å². The summed E-state index contributed by atoms with van der Waals surface area (Å²) in [5, 5.41) is 0. The molecule has 3 atom stereocenters. The van der Waals surface area contributed by atoms with Gasteiger partial charge in [0.25, 0.3) is 11.8 Å². The van der Waals surface area contributed by atoms with Gasteiger partial charge in [-0.05, 0) is 11.5 Å². The van der Waals surface area contributed by atoms with Crippen LogP contribution in [0.1, 0.15) is 36.0 Å². The van der Waals surface area contributed by atoms with Crippen LogP contribution in [0.2, 0.25) is 0 Å². The summed E-state index contributed by atoms with van der Waals surface area (Å²) in [5.41, 5.74) is 0.293. The van der Waals surface area contributed by atoms with E-state index in [1.165, 1.54) is 12.1 Å². The molecule has 0 radical (unpaired) electrons. The molecule has 2 rings (SSSR count). The first kappa shape index (κ1) is 15.1. The summed E-state index contributed by atoms with van der Waals surface area (Å²) in [4.78, 5) is 51.7. The Morgan fingerprint density at radius 1 is 1.08 bits per heavy atom. The van der Waals surface area contributed by atoms with E-state index >= 15 is 0 Å². The van der Waals surface area contributed by atoms with E-state index in [4.69, 9.17) is 2.74 Å². The number of imide groups is 2. The first-order valence-electron chi connectivity index (χ1n) is 8.78. The maximum absolute atomic E-state index is 13.1. The molecule has 1 heterocycles. The minimum Gasteiger partial charge on any atom is -0.275 e. The molecule has 1 aromatic carbocycles. The zero-order chi connectivity index (χ0) is 19.8. The fraction of sp³-hybridized carbons (Fsp3) is 0.444. The van der Waals surface area contributed by atoms with Crippen molar-refractivity contribution in [1.29, 1.82) is 0 Å². The second-order valence-corrected chi connectivity index (χ2v) is 6.02. The lowest BCUT2D eigenvalue weighted by Gasteiger charge is -2.43. The fourth-order valence-electron chi connectivity index (χ4n) is 2.79. The smallest absolute Gasteiger partial charge is 0.253 e. The highest BCUT2D eigenvalue weighted by Gasteiger charge is 2.50. The molecular weight excluding hydrogens is 308 g/mol. The predicted molar refractivity (Wildman–Crippen MR) is 87.6 cm³/mol. The van der Waals surface area contributed by atoms with Crippen molar-refractivity contribution in [3.05, 3.63) is 35.9 Å². The van der Waals surface area contributed by atoms with Gasteiger partial charge in [-0.3, -0.25) is 29.0 Å². The van der Waals surface area contributed by atoms with Crippen LogP contribution in [0.5, 0.6) is 0 Å². The van der Waals surface area contributed by atoms with Gasteiger partial charge < -0.3 is 0 Å². The largest absolute Gasteiger partial charge is 0.275 e. The lowest BCUT2D eigenvalue weighted by molar-refractivity contribution is -0.172. The Bertz CT molecular complexity index is 753. The van der Waals surface area contributed by atoms with E-state index in [-0.39, 0.29) is 0 Å². The average molecular weight is 332 g/mol. The summed E-state index contributed by atoms with van der Waals surface area (Å²) in [6.45, 7) is 5.51. The number of carbonyl (C=O) groups excluding carboxylic acids is 4. The molecule has 0 N–H and O–H groups in total. The third-order valence-corrected chi connectivity index (χ3v) is 3.82. The van der Waals surface area contributed by atoms with Gasteiger partial charge in [0.15, 0.2) is 0 Å². The number of rotatable bonds is 3. The number of hydrogen-bond donors (Lipinski definition) is 0. The zero-order valence-corrected chi connectivity index (χ0v) is 14.1. The van der Waals surface area contributed by atoms with E-state index in [2.05, 4.69) is 0 Å². The van der Waals surface area contributed by atoms with E-state index in [0.29, 0.717) is 10.5 Å². The van der Waals surface area contributed by atoms with E-state index in [0.717, 1.165) is 18.7 Å². The second-order valence-electron chi connectivity index (χ2n) is 6.02. The van der Waals surface area contributed by atoms with E-state index in [1.807, 2.05) is 0 Å². The van der Waals surface area contributed by atoms with Gasteiger partial charge >= 0.3 is 0 Å². The molecule has 0 bridgehead atoms. The van der Waals surface area contributed by atoms with Crippen LogP contribution in [0.3, 0.4) is 0 Å². The SMILES string of the molecule is [2H][C@H](c1ccccc1)[C@@]1([2H])C(=O)N(C(C)=O)[C@@H](C(C)C)C(=O)N1C(C)=O. The third-order valence-electron chi connectivity index (χ3n) is 3.82. The lowest BCUT2D eigenvalue weighted by atomic mass is 9.92. The molecule has 4 amide bonds. The molecule has 1 aromatic rings. The molecule has 0 saturated carbocycles. The topological polar surface area (TPSA) is 74.8 Å². The highest BCUT2D eigenvalue weighted by molar-refractivity contribution is 6.11. The Morgan fingerprint density at radius 2 is 1.62 bits per heavy atom. The number of carbonyl (C=O) groups is 4. The van der Waals surface area contributed by atoms with Crippen LogP contribution in [0.4, 0.5) is 0 Å². The van der Waals surface area contributed by atoms with Gasteiger partial charge in [-0.2, -0.15) is 0 Å². The van der Waals surface area contributed by atoms with Crippen molar-refractivity contribution in [3.8, 4) is 0 Å². The second kappa shape index (κ2) is 6.95. The molecule has 6 nitrogen and oxygen atoms in total. The Hall–Kier alpha value is -2.50. The molecule has 1 saturated heterocycles. The van der Waals surface area contributed by atoms with Crippen LogP contribution in [0, 0.1) is 5.92 Å². The summed E-state index contributed by atoms with van der Waals surface area (Å²) in [6.07, 6.45) is -1.56. The Morgan fingerprint density at radius 3 is 2.08 bits per heavy atom. The molecular formula is C18H22N2O4. The maximum Gasteiger partial charge on any atom is 0.253 e. The number of benzene rings is 1. The molecule has 6 heteroatoms. The van der Waals surface area contributed by atoms with Crippen LogP contribution < -0.4 is 0 Å². The van der Waals surface area contributed by atoms with Gasteiger partial charge in [0.2, 0.25) is 11.8 Å². The molecule has 0 spiro atoms. The van der Waals surface area contributed by atoms with Crippen LogP contribution in [-0.2, 0) is 25.6 Å². The standard InChI is InChI=1S/C18H22N2O4/c1-11(2)16-18(24)19(12(3)21)15(17(23)20(16)13(4)22)10-14-8-6-5-7-9-14/h5-9,11,15-16H,10H2,1-4H3/t15-,16-/m0/s1/i10D,15D/t10-,15+,16+/m1. The van der Waals surface area contributed by atoms with Gasteiger partial charge in [0.1, 0.15) is 12.1 Å². The van der Waals surface area contributed by atoms with Crippen molar-refractivity contribution in [2.24, 2.45) is 5.92 Å². The monoisotopic (exact) mass is 332 g/mol. The highest BCUT2D eigenvalue weighted by Crippen LogP contribution is 2.26. The molecule has 128 valence electrons. The molecule has 24 heavy (non-hydrogen) atoms. The summed E-state index contributed by atoms with van der Waals surface area (Å²) >= 11 is 0. The van der Waals surface area contributed by atoms with Crippen LogP contribution in [-0.4, -0.2) is 45.5 Å². The molecule has 1 fully saturated rings. The summed E-state index contributed by atoms with van der Waals surface area (Å²) < 4.78 is 17.2. The molecule has 1 aliphatic rings. The van der Waals surface area contributed by atoms with Crippen molar-refractivity contribution in [1.82, 2.24) is 9.80 Å². The summed E-state index contributed by atoms with van der Waals surface area (Å²) in [5.74, 6) is -3.79. The minimum atomic E-state index is -2.55. The molecule has 0 aliphatic carbocycles. The molecule has 0 aromatic heterocycles. The van der Waals surface area contributed by atoms with Gasteiger partial charge in [0.05, 0.1) is 1.37 Å². The predicted octanol–water partition coefficient (Wildman–Crippen LogP) is 1.39. The third kappa shape index (κ3) is 3.22. The van der Waals surface area contributed by atoms with Crippen molar-refractivity contribution in [2.75, 3.05) is 0 Å². The van der Waals surface area contributed by atoms with Crippen molar-refractivity contribution in [2.45, 2.75) is 46.2 Å². The Balaban J connectivity index is 2.68. The number of hydrogen-bond acceptors (Lipinski definition) is 4. The molecule has 0 unspecified atom stereocenters. The average Bonchev–Trinajstić information content (AvgIpc) is 2.56. The van der Waals surface area contributed by atoms with Crippen molar-refractivity contribution < 1.29 is 21.9 Å². The maximum atomic E-state index is 13.1. The van der Waals surface area contributed by atoms with E-state index in [9.17, 15) is 19.2 Å². The first-order chi connectivity index (χ1) is 12.0. The zero-order valence-electron chi connectivity index (χ0n) is 16.1. The normalized spacial score (nSPS) is 27.0. The summed E-state index contributed by atoms with van der Waals surface area (Å²) in [7, 11) is 0. The van der Waals surface area contributed by atoms with Gasteiger partial charge in [-0.25, -0.2) is 0 Å². The Labute approximate surface area is 144 Å². The van der Waals surface area contributed by atoms with Crippen molar-refractivity contribution in [3.63, 3.8) is 0 Å².